The van der Waals surface area contributed by atoms with Gasteiger partial charge in [0.05, 0.1) is 5.70 Å². The summed E-state index contributed by atoms with van der Waals surface area (Å²) in [6, 6.07) is 16.1. The van der Waals surface area contributed by atoms with Gasteiger partial charge in [-0.3, -0.25) is 9.59 Å². The summed E-state index contributed by atoms with van der Waals surface area (Å²) < 4.78 is 13.7. The first-order valence-corrected chi connectivity index (χ1v) is 12.9. The molecule has 0 N–H and O–H groups in total. The molecule has 0 aromatic heterocycles. The molecule has 2 amide bonds. The van der Waals surface area contributed by atoms with Gasteiger partial charge in [0.1, 0.15) is 22.5 Å². The van der Waals surface area contributed by atoms with Gasteiger partial charge in [0.2, 0.25) is 5.91 Å². The Bertz CT molecular complexity index is 1240. The number of aryl methyl sites for hydroxylation is 1. The third-order valence-corrected chi connectivity index (χ3v) is 7.15. The Kier molecular flexibility index (Phi) is 7.80. The maximum Gasteiger partial charge on any atom is 0.267 e. The molecule has 2 aromatic rings. The van der Waals surface area contributed by atoms with E-state index in [0.29, 0.717) is 43.3 Å². The summed E-state index contributed by atoms with van der Waals surface area (Å²) in [4.78, 5) is 31.2. The molecule has 36 heavy (non-hydrogen) atoms. The lowest BCUT2D eigenvalue weighted by atomic mass is 10.1. The fourth-order valence-electron chi connectivity index (χ4n) is 4.25. The van der Waals surface area contributed by atoms with Crippen LogP contribution < -0.4 is 4.90 Å². The quantitative estimate of drug-likeness (QED) is 0.417. The number of rotatable bonds is 5. The minimum absolute atomic E-state index is 0.0321. The van der Waals surface area contributed by atoms with Crippen molar-refractivity contribution in [3.63, 3.8) is 0 Å². The van der Waals surface area contributed by atoms with Crippen LogP contribution in [0.4, 0.5) is 10.1 Å². The van der Waals surface area contributed by atoms with Crippen LogP contribution in [0.3, 0.4) is 0 Å². The van der Waals surface area contributed by atoms with Crippen molar-refractivity contribution in [2.24, 2.45) is 5.92 Å². The van der Waals surface area contributed by atoms with Crippen LogP contribution in [0.1, 0.15) is 31.4 Å². The minimum atomic E-state index is -0.363. The highest BCUT2D eigenvalue weighted by atomic mass is 32.2. The van der Waals surface area contributed by atoms with Crippen molar-refractivity contribution in [1.82, 2.24) is 9.80 Å². The summed E-state index contributed by atoms with van der Waals surface area (Å²) in [5.41, 5.74) is 3.55. The van der Waals surface area contributed by atoms with Crippen LogP contribution in [-0.2, 0) is 9.59 Å². The van der Waals surface area contributed by atoms with Crippen molar-refractivity contribution < 1.29 is 14.0 Å². The fraction of sp³-hybridized carbons (Fsp3) is 0.321. The monoisotopic (exact) mass is 504 g/mol. The summed E-state index contributed by atoms with van der Waals surface area (Å²) in [5, 5.41) is 12.5. The zero-order valence-corrected chi connectivity index (χ0v) is 21.5. The zero-order valence-electron chi connectivity index (χ0n) is 20.7. The number of carbonyl (C=O) groups excluding carboxylic acids is 2. The van der Waals surface area contributed by atoms with Gasteiger partial charge < -0.3 is 14.7 Å². The molecule has 8 heteroatoms. The molecule has 1 saturated heterocycles. The van der Waals surface area contributed by atoms with Crippen molar-refractivity contribution in [3.05, 3.63) is 81.5 Å². The Balaban J connectivity index is 1.62. The van der Waals surface area contributed by atoms with Gasteiger partial charge in [0, 0.05) is 43.7 Å². The number of anilines is 1. The van der Waals surface area contributed by atoms with Gasteiger partial charge in [0.25, 0.3) is 5.91 Å². The van der Waals surface area contributed by atoms with Gasteiger partial charge in [-0.05, 0) is 42.7 Å². The SMILES string of the molecule is Cc1ccc(C2=CSC(=C(C#N)C(=O)N3CCN(C(=O)CC(C)C)CC3)N2c2ccc(F)cc2)cc1. The molecule has 0 saturated carbocycles. The average molecular weight is 505 g/mol. The highest BCUT2D eigenvalue weighted by Gasteiger charge is 2.33. The van der Waals surface area contributed by atoms with E-state index < -0.39 is 0 Å². The molecule has 6 nitrogen and oxygen atoms in total. The average Bonchev–Trinajstić information content (AvgIpc) is 3.29. The minimum Gasteiger partial charge on any atom is -0.339 e. The Morgan fingerprint density at radius 3 is 2.19 bits per heavy atom. The maximum atomic E-state index is 13.7. The number of hydrogen-bond acceptors (Lipinski definition) is 5. The molecule has 2 heterocycles. The molecular weight excluding hydrogens is 475 g/mol. The first kappa shape index (κ1) is 25.5. The van der Waals surface area contributed by atoms with Crippen LogP contribution in [0, 0.1) is 30.0 Å². The van der Waals surface area contributed by atoms with Gasteiger partial charge in [-0.15, -0.1) is 0 Å². The van der Waals surface area contributed by atoms with Crippen molar-refractivity contribution >= 4 is 35.0 Å². The van der Waals surface area contributed by atoms with Crippen LogP contribution in [-0.4, -0.2) is 47.8 Å². The van der Waals surface area contributed by atoms with Gasteiger partial charge >= 0.3 is 0 Å². The topological polar surface area (TPSA) is 67.6 Å². The number of amides is 2. The van der Waals surface area contributed by atoms with Gasteiger partial charge in [-0.2, -0.15) is 5.26 Å². The summed E-state index contributed by atoms with van der Waals surface area (Å²) in [7, 11) is 0. The number of thioether (sulfide) groups is 1. The first-order valence-electron chi connectivity index (χ1n) is 12.0. The van der Waals surface area contributed by atoms with Crippen LogP contribution >= 0.6 is 11.8 Å². The summed E-state index contributed by atoms with van der Waals surface area (Å²) in [5.74, 6) is -0.351. The second-order valence-electron chi connectivity index (χ2n) is 9.36. The lowest BCUT2D eigenvalue weighted by molar-refractivity contribution is -0.138. The molecule has 0 atom stereocenters. The Hall–Kier alpha value is -3.57. The highest BCUT2D eigenvalue weighted by Crippen LogP contribution is 2.44. The van der Waals surface area contributed by atoms with E-state index >= 15 is 0 Å². The molecule has 2 aliphatic rings. The van der Waals surface area contributed by atoms with Crippen LogP contribution in [0.25, 0.3) is 5.70 Å². The number of halogens is 1. The number of benzene rings is 2. The number of nitrogens with zero attached hydrogens (tertiary/aromatic N) is 4. The number of piperazine rings is 1. The molecule has 186 valence electrons. The van der Waals surface area contributed by atoms with E-state index in [9.17, 15) is 19.2 Å². The number of hydrogen-bond donors (Lipinski definition) is 0. The first-order chi connectivity index (χ1) is 17.3. The lowest BCUT2D eigenvalue weighted by Crippen LogP contribution is -2.51. The highest BCUT2D eigenvalue weighted by molar-refractivity contribution is 8.06. The molecule has 0 spiro atoms. The van der Waals surface area contributed by atoms with Gasteiger partial charge in [-0.1, -0.05) is 55.4 Å². The van der Waals surface area contributed by atoms with Crippen LogP contribution in [0.5, 0.6) is 0 Å². The van der Waals surface area contributed by atoms with Crippen molar-refractivity contribution in [2.45, 2.75) is 27.2 Å². The van der Waals surface area contributed by atoms with Gasteiger partial charge in [0.15, 0.2) is 0 Å². The van der Waals surface area contributed by atoms with E-state index in [1.807, 2.05) is 55.3 Å². The van der Waals surface area contributed by atoms with E-state index in [1.54, 1.807) is 21.9 Å². The van der Waals surface area contributed by atoms with E-state index in [4.69, 9.17) is 0 Å². The molecular formula is C28H29FN4O2S. The molecule has 2 aliphatic heterocycles. The van der Waals surface area contributed by atoms with E-state index in [-0.39, 0.29) is 29.1 Å². The largest absolute Gasteiger partial charge is 0.339 e. The Morgan fingerprint density at radius 1 is 1.00 bits per heavy atom. The maximum absolute atomic E-state index is 13.7. The molecule has 0 aliphatic carbocycles. The number of carbonyl (C=O) groups is 2. The predicted octanol–water partition coefficient (Wildman–Crippen LogP) is 5.14. The third-order valence-electron chi connectivity index (χ3n) is 6.20. The standard InChI is InChI=1S/C28H29FN4O2S/c1-19(2)16-26(34)31-12-14-32(15-13-31)27(35)24(17-30)28-33(23-10-8-22(29)9-11-23)25(18-36-28)21-6-4-20(3)5-7-21/h4-11,18-19H,12-16H2,1-3H3. The Morgan fingerprint density at radius 2 is 1.61 bits per heavy atom. The van der Waals surface area contributed by atoms with Crippen LogP contribution in [0.2, 0.25) is 0 Å². The summed E-state index contributed by atoms with van der Waals surface area (Å²) in [6.07, 6.45) is 0.484. The van der Waals surface area contributed by atoms with E-state index in [1.165, 1.54) is 23.9 Å². The molecule has 0 bridgehead atoms. The summed E-state index contributed by atoms with van der Waals surface area (Å²) in [6.45, 7) is 7.68. The smallest absolute Gasteiger partial charge is 0.267 e. The molecule has 4 rings (SSSR count). The normalized spacial score (nSPS) is 17.2. The van der Waals surface area contributed by atoms with Crippen molar-refractivity contribution in [1.29, 1.82) is 5.26 Å². The second-order valence-corrected chi connectivity index (χ2v) is 10.2. The summed E-state index contributed by atoms with van der Waals surface area (Å²) >= 11 is 1.31. The fourth-order valence-corrected chi connectivity index (χ4v) is 5.27. The number of nitriles is 1. The third kappa shape index (κ3) is 5.47. The second kappa shape index (κ2) is 11.0. The van der Waals surface area contributed by atoms with Crippen molar-refractivity contribution in [2.75, 3.05) is 31.1 Å². The van der Waals surface area contributed by atoms with E-state index in [0.717, 1.165) is 16.8 Å². The zero-order chi connectivity index (χ0) is 25.8. The molecule has 2 aromatic carbocycles. The predicted molar refractivity (Wildman–Crippen MR) is 141 cm³/mol. The Labute approximate surface area is 215 Å². The molecule has 1 fully saturated rings. The molecule has 0 unspecified atom stereocenters. The lowest BCUT2D eigenvalue weighted by Gasteiger charge is -2.35. The van der Waals surface area contributed by atoms with Crippen molar-refractivity contribution in [3.8, 4) is 6.07 Å². The molecule has 0 radical (unpaired) electrons. The van der Waals surface area contributed by atoms with E-state index in [2.05, 4.69) is 6.07 Å². The van der Waals surface area contributed by atoms with Crippen LogP contribution in [0.15, 0.2) is 64.5 Å². The van der Waals surface area contributed by atoms with Gasteiger partial charge in [-0.25, -0.2) is 4.39 Å².